The Morgan fingerprint density at radius 3 is 2.40 bits per heavy atom. The van der Waals surface area contributed by atoms with Crippen LogP contribution in [0.25, 0.3) is 16.6 Å². The highest BCUT2D eigenvalue weighted by molar-refractivity contribution is 6.35. The first-order valence-electron chi connectivity index (χ1n) is 20.1. The summed E-state index contributed by atoms with van der Waals surface area (Å²) in [6.07, 6.45) is 2.97. The number of rotatable bonds is 18. The first-order valence-corrected chi connectivity index (χ1v) is 20.9. The summed E-state index contributed by atoms with van der Waals surface area (Å²) in [6.45, 7) is 10.1. The quantitative estimate of drug-likeness (QED) is 0.0563. The summed E-state index contributed by atoms with van der Waals surface area (Å²) in [5.41, 5.74) is 7.12. The van der Waals surface area contributed by atoms with E-state index in [1.54, 1.807) is 54.7 Å². The van der Waals surface area contributed by atoms with Crippen LogP contribution in [0, 0.1) is 13.8 Å². The van der Waals surface area contributed by atoms with Gasteiger partial charge in [0, 0.05) is 29.5 Å². The standard InChI is InChI=1S/C47H47Cl2N7O6/c1-6-42(62-40-20-16-30(4)24-31(40)5)59-28-51-34-18-21-41(61-29(2)3)38(26-34)53-45(57)43(55-23-22-50-47(55)54-60-27-32-12-8-7-9-13-32)44-52-37-15-11-10-14-35(37)46(58)56(44)39-19-17-33(48)25-36(39)49/h7-26,29,42-43,51H,6,27-28H2,1-5H3,(H,50,54)(H,53,57). The molecule has 1 amide bonds. The Hall–Kier alpha value is -6.38. The van der Waals surface area contributed by atoms with E-state index in [1.807, 2.05) is 83.1 Å². The Morgan fingerprint density at radius 2 is 1.65 bits per heavy atom. The number of hydrogen-bond donors (Lipinski definition) is 3. The summed E-state index contributed by atoms with van der Waals surface area (Å²) in [4.78, 5) is 45.1. The van der Waals surface area contributed by atoms with Gasteiger partial charge < -0.3 is 24.8 Å². The maximum atomic E-state index is 15.2. The van der Waals surface area contributed by atoms with E-state index < -0.39 is 23.8 Å². The summed E-state index contributed by atoms with van der Waals surface area (Å²) >= 11 is 13.1. The number of carbonyl (C=O) groups excluding carboxylic acids is 1. The molecule has 7 rings (SSSR count). The number of anilines is 3. The molecule has 0 aliphatic carbocycles. The summed E-state index contributed by atoms with van der Waals surface area (Å²) in [5, 5.41) is 7.21. The first kappa shape index (κ1) is 43.7. The zero-order valence-corrected chi connectivity index (χ0v) is 36.4. The molecule has 2 unspecified atom stereocenters. The van der Waals surface area contributed by atoms with Gasteiger partial charge in [0.15, 0.2) is 6.04 Å². The third-order valence-electron chi connectivity index (χ3n) is 9.70. The topological polar surface area (TPSA) is 143 Å². The maximum Gasteiger partial charge on any atom is 0.266 e. The lowest BCUT2D eigenvalue weighted by atomic mass is 10.1. The van der Waals surface area contributed by atoms with Crippen LogP contribution in [-0.2, 0) is 21.0 Å². The molecule has 0 aliphatic heterocycles. The van der Waals surface area contributed by atoms with Crippen molar-refractivity contribution < 1.29 is 23.8 Å². The number of para-hydroxylation sites is 1. The summed E-state index contributed by atoms with van der Waals surface area (Å²) < 4.78 is 21.3. The molecule has 7 aromatic rings. The van der Waals surface area contributed by atoms with Gasteiger partial charge in [-0.2, -0.15) is 0 Å². The van der Waals surface area contributed by atoms with E-state index >= 15 is 4.79 Å². The van der Waals surface area contributed by atoms with E-state index in [1.165, 1.54) is 21.4 Å². The molecular formula is C47H47Cl2N7O6. The van der Waals surface area contributed by atoms with Gasteiger partial charge in [0.05, 0.1) is 40.0 Å². The molecule has 2 aromatic heterocycles. The number of hydrogen-bond acceptors (Lipinski definition) is 10. The summed E-state index contributed by atoms with van der Waals surface area (Å²) in [7, 11) is 0. The van der Waals surface area contributed by atoms with E-state index in [-0.39, 0.29) is 41.9 Å². The molecule has 2 atom stereocenters. The van der Waals surface area contributed by atoms with Gasteiger partial charge in [-0.3, -0.25) is 23.6 Å². The van der Waals surface area contributed by atoms with Crippen LogP contribution in [0.1, 0.15) is 55.7 Å². The van der Waals surface area contributed by atoms with Crippen LogP contribution in [0.2, 0.25) is 10.0 Å². The minimum atomic E-state index is -1.36. The average molecular weight is 877 g/mol. The van der Waals surface area contributed by atoms with Crippen molar-refractivity contribution in [1.29, 1.82) is 0 Å². The number of nitrogens with zero attached hydrogens (tertiary/aromatic N) is 4. The molecule has 320 valence electrons. The molecule has 0 fully saturated rings. The Morgan fingerprint density at radius 1 is 0.871 bits per heavy atom. The van der Waals surface area contributed by atoms with Gasteiger partial charge in [0.25, 0.3) is 11.5 Å². The third kappa shape index (κ3) is 10.4. The normalized spacial score (nSPS) is 12.3. The Balaban J connectivity index is 1.26. The number of imidazole rings is 1. The van der Waals surface area contributed by atoms with Gasteiger partial charge in [-0.15, -0.1) is 0 Å². The predicted molar refractivity (Wildman–Crippen MR) is 244 cm³/mol. The molecule has 0 spiro atoms. The largest absolute Gasteiger partial charge is 0.489 e. The summed E-state index contributed by atoms with van der Waals surface area (Å²) in [5.74, 6) is 0.758. The lowest BCUT2D eigenvalue weighted by Crippen LogP contribution is -2.35. The number of nitrogens with one attached hydrogen (secondary N) is 3. The van der Waals surface area contributed by atoms with Crippen molar-refractivity contribution in [2.45, 2.75) is 66.1 Å². The minimum absolute atomic E-state index is 0.0305. The monoisotopic (exact) mass is 875 g/mol. The van der Waals surface area contributed by atoms with Crippen molar-refractivity contribution in [3.8, 4) is 17.2 Å². The number of aryl methyl sites for hydroxylation is 2. The van der Waals surface area contributed by atoms with E-state index in [2.05, 4.69) is 27.2 Å². The highest BCUT2D eigenvalue weighted by Crippen LogP contribution is 2.34. The van der Waals surface area contributed by atoms with Crippen molar-refractivity contribution in [2.75, 3.05) is 22.8 Å². The number of ether oxygens (including phenoxy) is 3. The van der Waals surface area contributed by atoms with E-state index in [0.717, 1.165) is 22.4 Å². The van der Waals surface area contributed by atoms with Crippen LogP contribution in [0.15, 0.2) is 126 Å². The second-order valence-electron chi connectivity index (χ2n) is 14.7. The number of carbonyl (C=O) groups is 1. The second kappa shape index (κ2) is 20.0. The van der Waals surface area contributed by atoms with Crippen LogP contribution in [-0.4, -0.2) is 44.1 Å². The molecule has 5 aromatic carbocycles. The van der Waals surface area contributed by atoms with Crippen molar-refractivity contribution in [3.05, 3.63) is 165 Å². The Kier molecular flexibility index (Phi) is 14.1. The van der Waals surface area contributed by atoms with Gasteiger partial charge >= 0.3 is 0 Å². The second-order valence-corrected chi connectivity index (χ2v) is 15.6. The van der Waals surface area contributed by atoms with Crippen molar-refractivity contribution in [3.63, 3.8) is 0 Å². The molecule has 0 bridgehead atoms. The fraction of sp³-hybridized carbons (Fsp3) is 0.234. The fourth-order valence-corrected chi connectivity index (χ4v) is 7.27. The van der Waals surface area contributed by atoms with Gasteiger partial charge in [-0.25, -0.2) is 15.4 Å². The Labute approximate surface area is 369 Å². The molecule has 15 heteroatoms. The van der Waals surface area contributed by atoms with Crippen LogP contribution in [0.5, 0.6) is 11.5 Å². The molecule has 0 saturated heterocycles. The zero-order valence-electron chi connectivity index (χ0n) is 34.9. The smallest absolute Gasteiger partial charge is 0.266 e. The van der Waals surface area contributed by atoms with Crippen LogP contribution >= 0.6 is 23.2 Å². The van der Waals surface area contributed by atoms with E-state index in [9.17, 15) is 4.79 Å². The van der Waals surface area contributed by atoms with Crippen LogP contribution in [0.4, 0.5) is 17.3 Å². The molecule has 3 N–H and O–H groups in total. The number of amides is 1. The Bertz CT molecular complexity index is 2720. The molecule has 0 aliphatic rings. The highest BCUT2D eigenvalue weighted by atomic mass is 35.5. The summed E-state index contributed by atoms with van der Waals surface area (Å²) in [6, 6.07) is 31.2. The van der Waals surface area contributed by atoms with Crippen LogP contribution < -0.4 is 31.1 Å². The maximum absolute atomic E-state index is 15.2. The van der Waals surface area contributed by atoms with E-state index in [0.29, 0.717) is 39.5 Å². The SMILES string of the molecule is CCC(OCNc1ccc(OC(C)C)c(NC(=O)C(c2nc3ccccc3c(=O)n2-c2ccc(Cl)cc2Cl)n2ccnc2NOCc2ccccc2)c1)Oc1ccc(C)cc1C. The fourth-order valence-electron chi connectivity index (χ4n) is 6.78. The van der Waals surface area contributed by atoms with Gasteiger partial charge in [-0.05, 0) is 93.4 Å². The molecule has 62 heavy (non-hydrogen) atoms. The number of halogens is 2. The predicted octanol–water partition coefficient (Wildman–Crippen LogP) is 10.3. The van der Waals surface area contributed by atoms with Crippen molar-refractivity contribution in [1.82, 2.24) is 19.1 Å². The van der Waals surface area contributed by atoms with Gasteiger partial charge in [0.1, 0.15) is 24.1 Å². The third-order valence-corrected chi connectivity index (χ3v) is 10.2. The molecule has 2 heterocycles. The number of aromatic nitrogens is 4. The first-order chi connectivity index (χ1) is 30.0. The average Bonchev–Trinajstić information content (AvgIpc) is 3.70. The number of fused-ring (bicyclic) bond motifs is 1. The van der Waals surface area contributed by atoms with Gasteiger partial charge in [-0.1, -0.05) is 90.3 Å². The molecule has 0 radical (unpaired) electrons. The minimum Gasteiger partial charge on any atom is -0.489 e. The van der Waals surface area contributed by atoms with Gasteiger partial charge in [0.2, 0.25) is 12.2 Å². The number of benzene rings is 5. The van der Waals surface area contributed by atoms with Crippen LogP contribution in [0.3, 0.4) is 0 Å². The molecule has 13 nitrogen and oxygen atoms in total. The lowest BCUT2D eigenvalue weighted by molar-refractivity contribution is -0.118. The van der Waals surface area contributed by atoms with E-state index in [4.69, 9.17) is 47.2 Å². The van der Waals surface area contributed by atoms with Crippen molar-refractivity contribution >= 4 is 57.3 Å². The zero-order chi connectivity index (χ0) is 43.8. The molecule has 0 saturated carbocycles. The highest BCUT2D eigenvalue weighted by Gasteiger charge is 2.32. The van der Waals surface area contributed by atoms with Crippen molar-refractivity contribution in [2.24, 2.45) is 0 Å². The lowest BCUT2D eigenvalue weighted by Gasteiger charge is -2.25. The molecular weight excluding hydrogens is 829 g/mol.